The lowest BCUT2D eigenvalue weighted by Gasteiger charge is -2.38. The highest BCUT2D eigenvalue weighted by Crippen LogP contribution is 2.42. The standard InChI is InChI=1S/C27H35N7O4/c1-27(2)16-19-14-21(31-26(36)20(17-28)25-29-4-3-5-30-25)22(15-23(19)38-27)33-8-6-32(7-9-33)18-24(35)34-10-12-37-13-11-34/h3-5,14-15,17,28-29H,6-13,16,18H2,1-2H3,(H,31,36)/b25-20-,28-17?. The van der Waals surface area contributed by atoms with Crippen molar-refractivity contribution >= 4 is 35.6 Å². The van der Waals surface area contributed by atoms with Gasteiger partial charge in [0.05, 0.1) is 36.7 Å². The van der Waals surface area contributed by atoms with E-state index in [-0.39, 0.29) is 17.1 Å². The van der Waals surface area contributed by atoms with Gasteiger partial charge >= 0.3 is 0 Å². The second kappa shape index (κ2) is 11.0. The molecular weight excluding hydrogens is 486 g/mol. The second-order valence-electron chi connectivity index (χ2n) is 10.4. The number of nitrogens with zero attached hydrogens (tertiary/aromatic N) is 4. The molecule has 4 heterocycles. The molecule has 202 valence electrons. The Labute approximate surface area is 222 Å². The summed E-state index contributed by atoms with van der Waals surface area (Å²) in [5, 5.41) is 13.8. The van der Waals surface area contributed by atoms with Gasteiger partial charge in [-0.2, -0.15) is 0 Å². The van der Waals surface area contributed by atoms with Gasteiger partial charge in [0.1, 0.15) is 17.2 Å². The van der Waals surface area contributed by atoms with E-state index in [0.29, 0.717) is 57.4 Å². The molecule has 1 aromatic rings. The third-order valence-corrected chi connectivity index (χ3v) is 7.12. The van der Waals surface area contributed by atoms with Crippen LogP contribution in [-0.4, -0.2) is 98.7 Å². The number of hydrogen-bond donors (Lipinski definition) is 3. The summed E-state index contributed by atoms with van der Waals surface area (Å²) in [6.07, 6.45) is 6.71. The van der Waals surface area contributed by atoms with Gasteiger partial charge in [-0.1, -0.05) is 0 Å². The zero-order chi connectivity index (χ0) is 26.7. The molecule has 4 aliphatic rings. The zero-order valence-electron chi connectivity index (χ0n) is 22.0. The molecule has 11 heteroatoms. The van der Waals surface area contributed by atoms with Gasteiger partial charge in [0.15, 0.2) is 0 Å². The molecule has 0 spiro atoms. The molecule has 2 amide bonds. The fourth-order valence-corrected chi connectivity index (χ4v) is 5.16. The van der Waals surface area contributed by atoms with Gasteiger partial charge in [-0.05, 0) is 26.0 Å². The molecule has 11 nitrogen and oxygen atoms in total. The molecule has 0 saturated carbocycles. The number of benzene rings is 1. The molecule has 2 fully saturated rings. The number of aliphatic imine (C=N–C) groups is 1. The molecule has 4 aliphatic heterocycles. The lowest BCUT2D eigenvalue weighted by Crippen LogP contribution is -2.51. The number of allylic oxidation sites excluding steroid dienone is 1. The van der Waals surface area contributed by atoms with Crippen LogP contribution in [0.5, 0.6) is 5.75 Å². The Morgan fingerprint density at radius 1 is 1.16 bits per heavy atom. The van der Waals surface area contributed by atoms with Crippen LogP contribution in [0.25, 0.3) is 0 Å². The molecule has 2 saturated heterocycles. The summed E-state index contributed by atoms with van der Waals surface area (Å²) in [6, 6.07) is 3.99. The maximum atomic E-state index is 13.3. The molecular formula is C27H35N7O4. The van der Waals surface area contributed by atoms with Crippen LogP contribution in [0.15, 0.2) is 40.8 Å². The minimum Gasteiger partial charge on any atom is -0.487 e. The fourth-order valence-electron chi connectivity index (χ4n) is 5.16. The van der Waals surface area contributed by atoms with Crippen molar-refractivity contribution in [1.29, 1.82) is 5.41 Å². The van der Waals surface area contributed by atoms with E-state index in [0.717, 1.165) is 42.7 Å². The quantitative estimate of drug-likeness (QED) is 0.382. The highest BCUT2D eigenvalue weighted by atomic mass is 16.5. The minimum atomic E-state index is -0.413. The maximum absolute atomic E-state index is 13.3. The topological polar surface area (TPSA) is 123 Å². The highest BCUT2D eigenvalue weighted by molar-refractivity contribution is 6.18. The van der Waals surface area contributed by atoms with Crippen molar-refractivity contribution in [3.63, 3.8) is 0 Å². The molecule has 3 N–H and O–H groups in total. The number of carbonyl (C=O) groups excluding carboxylic acids is 2. The molecule has 1 aromatic carbocycles. The number of fused-ring (bicyclic) bond motifs is 1. The van der Waals surface area contributed by atoms with E-state index in [4.69, 9.17) is 14.9 Å². The van der Waals surface area contributed by atoms with Crippen molar-refractivity contribution in [3.8, 4) is 5.75 Å². The van der Waals surface area contributed by atoms with Gasteiger partial charge in [0, 0.05) is 75.9 Å². The maximum Gasteiger partial charge on any atom is 0.261 e. The first kappa shape index (κ1) is 25.9. The number of piperazine rings is 1. The van der Waals surface area contributed by atoms with E-state index in [1.165, 1.54) is 0 Å². The average Bonchev–Trinajstić information content (AvgIpc) is 3.23. The summed E-state index contributed by atoms with van der Waals surface area (Å²) < 4.78 is 11.6. The molecule has 0 aromatic heterocycles. The number of ether oxygens (including phenoxy) is 2. The summed E-state index contributed by atoms with van der Waals surface area (Å²) in [7, 11) is 0. The van der Waals surface area contributed by atoms with Crippen molar-refractivity contribution in [3.05, 3.63) is 41.4 Å². The van der Waals surface area contributed by atoms with E-state index < -0.39 is 5.91 Å². The van der Waals surface area contributed by atoms with Crippen LogP contribution in [0.1, 0.15) is 19.4 Å². The second-order valence-corrected chi connectivity index (χ2v) is 10.4. The summed E-state index contributed by atoms with van der Waals surface area (Å²) in [5.74, 6) is 0.876. The van der Waals surface area contributed by atoms with Crippen molar-refractivity contribution in [2.45, 2.75) is 25.9 Å². The van der Waals surface area contributed by atoms with Crippen molar-refractivity contribution in [2.24, 2.45) is 4.99 Å². The van der Waals surface area contributed by atoms with Crippen molar-refractivity contribution < 1.29 is 19.1 Å². The number of hydrogen-bond acceptors (Lipinski definition) is 9. The lowest BCUT2D eigenvalue weighted by molar-refractivity contribution is -0.136. The SMILES string of the molecule is CC1(C)Cc2cc(NC(=O)/C(C=N)=C3\N=CC=CN3)c(N3CCN(CC(=O)N4CCOCC4)CC3)cc2O1. The number of carbonyl (C=O) groups is 2. The van der Waals surface area contributed by atoms with Crippen LogP contribution < -0.4 is 20.3 Å². The first-order valence-corrected chi connectivity index (χ1v) is 13.0. The largest absolute Gasteiger partial charge is 0.487 e. The number of anilines is 2. The van der Waals surface area contributed by atoms with Crippen molar-refractivity contribution in [1.82, 2.24) is 15.1 Å². The van der Waals surface area contributed by atoms with Crippen LogP contribution in [0.3, 0.4) is 0 Å². The van der Waals surface area contributed by atoms with Crippen LogP contribution in [0.2, 0.25) is 0 Å². The molecule has 0 bridgehead atoms. The predicted octanol–water partition coefficient (Wildman–Crippen LogP) is 1.37. The summed E-state index contributed by atoms with van der Waals surface area (Å²) in [6.45, 7) is 9.86. The number of rotatable bonds is 6. The first-order valence-electron chi connectivity index (χ1n) is 13.0. The molecule has 38 heavy (non-hydrogen) atoms. The highest BCUT2D eigenvalue weighted by Gasteiger charge is 2.33. The van der Waals surface area contributed by atoms with E-state index in [9.17, 15) is 9.59 Å². The Balaban J connectivity index is 1.33. The van der Waals surface area contributed by atoms with Gasteiger partial charge in [0.25, 0.3) is 5.91 Å². The summed E-state index contributed by atoms with van der Waals surface area (Å²) >= 11 is 0. The van der Waals surface area contributed by atoms with Gasteiger partial charge < -0.3 is 35.3 Å². The molecule has 0 radical (unpaired) electrons. The fraction of sp³-hybridized carbons (Fsp3) is 0.481. The zero-order valence-corrected chi connectivity index (χ0v) is 22.0. The summed E-state index contributed by atoms with van der Waals surface area (Å²) in [5.41, 5.74) is 2.38. The van der Waals surface area contributed by atoms with Gasteiger partial charge in [-0.15, -0.1) is 0 Å². The Hall–Kier alpha value is -3.70. The molecule has 5 rings (SSSR count). The van der Waals surface area contributed by atoms with E-state index in [1.807, 2.05) is 30.9 Å². The number of morpholine rings is 1. The van der Waals surface area contributed by atoms with Gasteiger partial charge in [-0.25, -0.2) is 4.99 Å². The molecule has 0 unspecified atom stereocenters. The normalized spacial score (nSPS) is 21.8. The monoisotopic (exact) mass is 521 g/mol. The Bertz CT molecular complexity index is 1190. The lowest BCUT2D eigenvalue weighted by atomic mass is 10.0. The Morgan fingerprint density at radius 2 is 1.92 bits per heavy atom. The molecule has 0 atom stereocenters. The van der Waals surface area contributed by atoms with E-state index in [1.54, 1.807) is 18.5 Å². The summed E-state index contributed by atoms with van der Waals surface area (Å²) in [4.78, 5) is 36.4. The van der Waals surface area contributed by atoms with E-state index >= 15 is 0 Å². The number of nitrogens with one attached hydrogen (secondary N) is 3. The number of amides is 2. The van der Waals surface area contributed by atoms with Crippen LogP contribution in [0, 0.1) is 5.41 Å². The smallest absolute Gasteiger partial charge is 0.261 e. The third kappa shape index (κ3) is 5.73. The van der Waals surface area contributed by atoms with Crippen molar-refractivity contribution in [2.75, 3.05) is 69.2 Å². The van der Waals surface area contributed by atoms with Gasteiger partial charge in [0.2, 0.25) is 5.91 Å². The minimum absolute atomic E-state index is 0.139. The van der Waals surface area contributed by atoms with Crippen LogP contribution >= 0.6 is 0 Å². The Morgan fingerprint density at radius 3 is 2.61 bits per heavy atom. The third-order valence-electron chi connectivity index (χ3n) is 7.12. The average molecular weight is 522 g/mol. The molecule has 0 aliphatic carbocycles. The van der Waals surface area contributed by atoms with Gasteiger partial charge in [-0.3, -0.25) is 14.5 Å². The van der Waals surface area contributed by atoms with Crippen LogP contribution in [-0.2, 0) is 20.7 Å². The van der Waals surface area contributed by atoms with Crippen LogP contribution in [0.4, 0.5) is 11.4 Å². The van der Waals surface area contributed by atoms with E-state index in [2.05, 4.69) is 25.4 Å². The first-order chi connectivity index (χ1) is 18.3. The predicted molar refractivity (Wildman–Crippen MR) is 146 cm³/mol. The Kier molecular flexibility index (Phi) is 7.48.